The van der Waals surface area contributed by atoms with Crippen LogP contribution in [0.3, 0.4) is 0 Å². The molecule has 1 aliphatic rings. The van der Waals surface area contributed by atoms with Gasteiger partial charge >= 0.3 is 0 Å². The zero-order valence-electron chi connectivity index (χ0n) is 16.5. The summed E-state index contributed by atoms with van der Waals surface area (Å²) in [6.45, 7) is 8.62. The molecule has 8 heteroatoms. The molecule has 3 rings (SSSR count). The maximum absolute atomic E-state index is 13.1. The fourth-order valence-corrected chi connectivity index (χ4v) is 5.93. The standard InChI is InChI=1S/C20H27N3O3S2/c1-15(2)14-21-20(24)19-18(7-12-27-19)28(25,26)23-10-8-22(9-11-23)17-6-4-5-16(3)13-17/h4-7,12-13,15H,8-11,14H2,1-3H3,(H,21,24). The predicted molar refractivity (Wildman–Crippen MR) is 114 cm³/mol. The van der Waals surface area contributed by atoms with E-state index in [-0.39, 0.29) is 15.7 Å². The minimum atomic E-state index is -3.69. The molecule has 1 aromatic carbocycles. The largest absolute Gasteiger partial charge is 0.369 e. The van der Waals surface area contributed by atoms with E-state index in [9.17, 15) is 13.2 Å². The highest BCUT2D eigenvalue weighted by Crippen LogP contribution is 2.27. The Morgan fingerprint density at radius 2 is 1.89 bits per heavy atom. The summed E-state index contributed by atoms with van der Waals surface area (Å²) in [5.41, 5.74) is 2.30. The highest BCUT2D eigenvalue weighted by molar-refractivity contribution is 7.89. The fraction of sp³-hybridized carbons (Fsp3) is 0.450. The number of aryl methyl sites for hydroxylation is 1. The first-order chi connectivity index (χ1) is 13.3. The monoisotopic (exact) mass is 421 g/mol. The van der Waals surface area contributed by atoms with Crippen molar-refractivity contribution >= 4 is 33.0 Å². The SMILES string of the molecule is Cc1cccc(N2CCN(S(=O)(=O)c3ccsc3C(=O)NCC(C)C)CC2)c1. The number of thiophene rings is 1. The number of nitrogens with one attached hydrogen (secondary N) is 1. The Kier molecular flexibility index (Phi) is 6.42. The van der Waals surface area contributed by atoms with E-state index in [4.69, 9.17) is 0 Å². The van der Waals surface area contributed by atoms with Crippen molar-refractivity contribution in [3.63, 3.8) is 0 Å². The van der Waals surface area contributed by atoms with E-state index in [0.29, 0.717) is 38.6 Å². The summed E-state index contributed by atoms with van der Waals surface area (Å²) in [6.07, 6.45) is 0. The van der Waals surface area contributed by atoms with Gasteiger partial charge in [0.05, 0.1) is 0 Å². The molecular weight excluding hydrogens is 394 g/mol. The Balaban J connectivity index is 1.71. The second-order valence-electron chi connectivity index (χ2n) is 7.45. The van der Waals surface area contributed by atoms with Gasteiger partial charge < -0.3 is 10.2 Å². The summed E-state index contributed by atoms with van der Waals surface area (Å²) in [7, 11) is -3.69. The van der Waals surface area contributed by atoms with Crippen LogP contribution in [0, 0.1) is 12.8 Å². The van der Waals surface area contributed by atoms with Gasteiger partial charge in [-0.05, 0) is 42.0 Å². The minimum absolute atomic E-state index is 0.114. The molecule has 2 heterocycles. The molecule has 1 N–H and O–H groups in total. The lowest BCUT2D eigenvalue weighted by Crippen LogP contribution is -2.48. The molecule has 6 nitrogen and oxygen atoms in total. The van der Waals surface area contributed by atoms with Gasteiger partial charge in [-0.2, -0.15) is 4.31 Å². The molecule has 152 valence electrons. The fourth-order valence-electron chi connectivity index (χ4n) is 3.19. The van der Waals surface area contributed by atoms with Crippen LogP contribution in [0.4, 0.5) is 5.69 Å². The molecule has 1 aliphatic heterocycles. The van der Waals surface area contributed by atoms with Gasteiger partial charge in [0.1, 0.15) is 9.77 Å². The second kappa shape index (κ2) is 8.63. The van der Waals surface area contributed by atoms with Gasteiger partial charge in [-0.3, -0.25) is 4.79 Å². The number of hydrogen-bond acceptors (Lipinski definition) is 5. The Hall–Kier alpha value is -1.90. The zero-order valence-corrected chi connectivity index (χ0v) is 18.1. The van der Waals surface area contributed by atoms with Crippen LogP contribution >= 0.6 is 11.3 Å². The van der Waals surface area contributed by atoms with E-state index in [1.807, 2.05) is 39.0 Å². The molecule has 1 saturated heterocycles. The summed E-state index contributed by atoms with van der Waals surface area (Å²) >= 11 is 1.17. The average molecular weight is 422 g/mol. The Morgan fingerprint density at radius 1 is 1.18 bits per heavy atom. The number of rotatable bonds is 6. The van der Waals surface area contributed by atoms with Gasteiger partial charge in [-0.1, -0.05) is 26.0 Å². The molecule has 1 amide bonds. The highest BCUT2D eigenvalue weighted by atomic mass is 32.2. The van der Waals surface area contributed by atoms with Crippen molar-refractivity contribution in [2.45, 2.75) is 25.7 Å². The van der Waals surface area contributed by atoms with Crippen molar-refractivity contribution in [1.29, 1.82) is 0 Å². The Morgan fingerprint density at radius 3 is 2.54 bits per heavy atom. The number of anilines is 1. The number of carbonyl (C=O) groups excluding carboxylic acids is 1. The molecule has 0 aliphatic carbocycles. The highest BCUT2D eigenvalue weighted by Gasteiger charge is 2.32. The van der Waals surface area contributed by atoms with Crippen molar-refractivity contribution in [1.82, 2.24) is 9.62 Å². The molecule has 1 aromatic heterocycles. The Bertz CT molecular complexity index is 930. The van der Waals surface area contributed by atoms with Crippen LogP contribution in [0.2, 0.25) is 0 Å². The van der Waals surface area contributed by atoms with Crippen LogP contribution < -0.4 is 10.2 Å². The number of piperazine rings is 1. The van der Waals surface area contributed by atoms with Crippen LogP contribution in [0.15, 0.2) is 40.6 Å². The van der Waals surface area contributed by atoms with E-state index in [1.165, 1.54) is 27.3 Å². The van der Waals surface area contributed by atoms with Crippen LogP contribution in [0.25, 0.3) is 0 Å². The van der Waals surface area contributed by atoms with Gasteiger partial charge in [-0.15, -0.1) is 11.3 Å². The van der Waals surface area contributed by atoms with Gasteiger partial charge in [0.25, 0.3) is 5.91 Å². The molecule has 0 atom stereocenters. The summed E-state index contributed by atoms with van der Waals surface area (Å²) in [6, 6.07) is 9.76. The van der Waals surface area contributed by atoms with Gasteiger partial charge in [0, 0.05) is 38.4 Å². The van der Waals surface area contributed by atoms with E-state index < -0.39 is 10.0 Å². The number of nitrogens with zero attached hydrogens (tertiary/aromatic N) is 2. The molecule has 2 aromatic rings. The average Bonchev–Trinajstić information content (AvgIpc) is 3.17. The smallest absolute Gasteiger partial charge is 0.262 e. The lowest BCUT2D eigenvalue weighted by Gasteiger charge is -2.35. The summed E-state index contributed by atoms with van der Waals surface area (Å²) in [5, 5.41) is 4.48. The van der Waals surface area contributed by atoms with Gasteiger partial charge in [-0.25, -0.2) is 8.42 Å². The second-order valence-corrected chi connectivity index (χ2v) is 10.3. The van der Waals surface area contributed by atoms with Crippen molar-refractivity contribution in [3.8, 4) is 0 Å². The van der Waals surface area contributed by atoms with E-state index >= 15 is 0 Å². The number of carbonyl (C=O) groups is 1. The molecule has 1 fully saturated rings. The normalized spacial score (nSPS) is 15.8. The van der Waals surface area contributed by atoms with Crippen LogP contribution in [-0.4, -0.2) is 51.4 Å². The van der Waals surface area contributed by atoms with Crippen LogP contribution in [0.5, 0.6) is 0 Å². The van der Waals surface area contributed by atoms with Crippen molar-refractivity contribution in [2.75, 3.05) is 37.6 Å². The lowest BCUT2D eigenvalue weighted by atomic mass is 10.2. The molecule has 0 saturated carbocycles. The molecule has 0 unspecified atom stereocenters. The zero-order chi connectivity index (χ0) is 20.3. The molecular formula is C20H27N3O3S2. The van der Waals surface area contributed by atoms with E-state index in [1.54, 1.807) is 5.38 Å². The molecule has 0 radical (unpaired) electrons. The van der Waals surface area contributed by atoms with Crippen LogP contribution in [-0.2, 0) is 10.0 Å². The number of benzene rings is 1. The first-order valence-electron chi connectivity index (χ1n) is 9.46. The predicted octanol–water partition coefficient (Wildman–Crippen LogP) is 2.95. The topological polar surface area (TPSA) is 69.7 Å². The minimum Gasteiger partial charge on any atom is -0.369 e. The van der Waals surface area contributed by atoms with E-state index in [2.05, 4.69) is 16.3 Å². The maximum Gasteiger partial charge on any atom is 0.262 e. The number of hydrogen-bond donors (Lipinski definition) is 1. The maximum atomic E-state index is 13.1. The van der Waals surface area contributed by atoms with E-state index in [0.717, 1.165) is 5.69 Å². The third-order valence-corrected chi connectivity index (χ3v) is 7.71. The molecule has 0 spiro atoms. The van der Waals surface area contributed by atoms with Crippen molar-refractivity contribution < 1.29 is 13.2 Å². The molecule has 0 bridgehead atoms. The molecule has 28 heavy (non-hydrogen) atoms. The lowest BCUT2D eigenvalue weighted by molar-refractivity contribution is 0.0950. The number of sulfonamides is 1. The third-order valence-electron chi connectivity index (χ3n) is 4.73. The quantitative estimate of drug-likeness (QED) is 0.779. The van der Waals surface area contributed by atoms with Crippen molar-refractivity contribution in [2.24, 2.45) is 5.92 Å². The summed E-state index contributed by atoms with van der Waals surface area (Å²) in [4.78, 5) is 15.0. The summed E-state index contributed by atoms with van der Waals surface area (Å²) in [5.74, 6) is -0.0145. The summed E-state index contributed by atoms with van der Waals surface area (Å²) < 4.78 is 27.8. The van der Waals surface area contributed by atoms with Crippen LogP contribution in [0.1, 0.15) is 29.1 Å². The Labute approximate surface area is 171 Å². The van der Waals surface area contributed by atoms with Gasteiger partial charge in [0.15, 0.2) is 0 Å². The first kappa shape index (κ1) is 20.8. The van der Waals surface area contributed by atoms with Crippen molar-refractivity contribution in [3.05, 3.63) is 46.2 Å². The first-order valence-corrected chi connectivity index (χ1v) is 11.8. The number of amides is 1. The van der Waals surface area contributed by atoms with Gasteiger partial charge in [0.2, 0.25) is 10.0 Å². The third kappa shape index (κ3) is 4.56.